The van der Waals surface area contributed by atoms with Gasteiger partial charge >= 0.3 is 6.03 Å². The van der Waals surface area contributed by atoms with Crippen LogP contribution in [0.15, 0.2) is 10.6 Å². The van der Waals surface area contributed by atoms with Crippen molar-refractivity contribution < 1.29 is 18.9 Å². The molecule has 0 bridgehead atoms. The van der Waals surface area contributed by atoms with Crippen LogP contribution in [0.1, 0.15) is 44.1 Å². The van der Waals surface area contributed by atoms with Crippen LogP contribution in [0.2, 0.25) is 0 Å². The molecule has 1 unspecified atom stereocenters. The van der Waals surface area contributed by atoms with Gasteiger partial charge < -0.3 is 14.7 Å². The lowest BCUT2D eigenvalue weighted by Gasteiger charge is -2.21. The van der Waals surface area contributed by atoms with Gasteiger partial charge in [0.05, 0.1) is 12.2 Å². The van der Waals surface area contributed by atoms with Crippen LogP contribution >= 0.6 is 0 Å². The predicted molar refractivity (Wildman–Crippen MR) is 76.8 cm³/mol. The molecule has 8 nitrogen and oxygen atoms in total. The van der Waals surface area contributed by atoms with Crippen molar-refractivity contribution in [3.8, 4) is 0 Å². The van der Waals surface area contributed by atoms with Crippen molar-refractivity contribution in [2.75, 3.05) is 7.05 Å². The molecule has 1 aliphatic heterocycles. The third-order valence-electron chi connectivity index (χ3n) is 3.45. The minimum Gasteiger partial charge on any atom is -0.359 e. The molecule has 0 radical (unpaired) electrons. The summed E-state index contributed by atoms with van der Waals surface area (Å²) in [5.41, 5.74) is 0.827. The molecule has 1 aliphatic rings. The van der Waals surface area contributed by atoms with Crippen LogP contribution in [0, 0.1) is 0 Å². The number of hydrogen-bond acceptors (Lipinski definition) is 5. The van der Waals surface area contributed by atoms with E-state index in [1.165, 1.54) is 4.90 Å². The summed E-state index contributed by atoms with van der Waals surface area (Å²) in [6, 6.07) is 0.450. The fourth-order valence-electron chi connectivity index (χ4n) is 2.17. The first-order valence-corrected chi connectivity index (χ1v) is 7.17. The molecule has 0 saturated carbocycles. The molecule has 2 heterocycles. The van der Waals surface area contributed by atoms with Crippen LogP contribution < -0.4 is 10.6 Å². The number of aromatic nitrogens is 1. The maximum Gasteiger partial charge on any atom is 0.322 e. The summed E-state index contributed by atoms with van der Waals surface area (Å²) in [4.78, 5) is 36.5. The monoisotopic (exact) mass is 308 g/mol. The van der Waals surface area contributed by atoms with Crippen LogP contribution in [0.4, 0.5) is 4.79 Å². The van der Waals surface area contributed by atoms with Crippen molar-refractivity contribution in [3.63, 3.8) is 0 Å². The van der Waals surface area contributed by atoms with Gasteiger partial charge in [0, 0.05) is 19.5 Å². The van der Waals surface area contributed by atoms with Gasteiger partial charge in [0.2, 0.25) is 11.8 Å². The normalized spacial score (nSPS) is 18.6. The van der Waals surface area contributed by atoms with Gasteiger partial charge in [-0.05, 0) is 12.3 Å². The second kappa shape index (κ2) is 6.59. The number of rotatable bonds is 4. The Balaban J connectivity index is 1.98. The molecule has 120 valence electrons. The van der Waals surface area contributed by atoms with E-state index in [0.29, 0.717) is 5.76 Å². The standard InChI is InChI=1S/C14H20N4O4/c1-8(2)11-6-9(22-17-11)7-18(3)13(20)10-4-5-12(19)16-14(21)15-10/h6,8,10H,4-5,7H2,1-3H3,(H2,15,16,19,21). The summed E-state index contributed by atoms with van der Waals surface area (Å²) in [6.07, 6.45) is 0.400. The van der Waals surface area contributed by atoms with Gasteiger partial charge in [-0.15, -0.1) is 0 Å². The Bertz CT molecular complexity index is 581. The highest BCUT2D eigenvalue weighted by atomic mass is 16.5. The van der Waals surface area contributed by atoms with Crippen molar-refractivity contribution in [1.82, 2.24) is 20.7 Å². The maximum absolute atomic E-state index is 12.4. The molecule has 2 N–H and O–H groups in total. The lowest BCUT2D eigenvalue weighted by Crippen LogP contribution is -2.48. The Morgan fingerprint density at radius 2 is 2.23 bits per heavy atom. The molecule has 8 heteroatoms. The van der Waals surface area contributed by atoms with Crippen LogP contribution in [0.25, 0.3) is 0 Å². The van der Waals surface area contributed by atoms with Gasteiger partial charge in [0.15, 0.2) is 5.76 Å². The fraction of sp³-hybridized carbons (Fsp3) is 0.571. The van der Waals surface area contributed by atoms with Gasteiger partial charge in [0.25, 0.3) is 0 Å². The number of nitrogens with one attached hydrogen (secondary N) is 2. The number of carbonyl (C=O) groups excluding carboxylic acids is 3. The minimum absolute atomic E-state index is 0.128. The molecular weight excluding hydrogens is 288 g/mol. The molecular formula is C14H20N4O4. The third-order valence-corrected chi connectivity index (χ3v) is 3.45. The Morgan fingerprint density at radius 3 is 2.86 bits per heavy atom. The molecule has 1 saturated heterocycles. The highest BCUT2D eigenvalue weighted by Crippen LogP contribution is 2.15. The lowest BCUT2D eigenvalue weighted by molar-refractivity contribution is -0.132. The van der Waals surface area contributed by atoms with Gasteiger partial charge in [-0.25, -0.2) is 4.79 Å². The average molecular weight is 308 g/mol. The molecule has 0 aliphatic carbocycles. The fourth-order valence-corrected chi connectivity index (χ4v) is 2.17. The van der Waals surface area contributed by atoms with Crippen molar-refractivity contribution in [1.29, 1.82) is 0 Å². The Kier molecular flexibility index (Phi) is 4.79. The van der Waals surface area contributed by atoms with E-state index in [4.69, 9.17) is 4.52 Å². The molecule has 1 atom stereocenters. The summed E-state index contributed by atoms with van der Waals surface area (Å²) in [5, 5.41) is 8.57. The number of imide groups is 1. The van der Waals surface area contributed by atoms with Crippen molar-refractivity contribution in [2.45, 2.75) is 45.2 Å². The van der Waals surface area contributed by atoms with Crippen molar-refractivity contribution in [2.24, 2.45) is 0 Å². The van der Waals surface area contributed by atoms with E-state index in [2.05, 4.69) is 15.8 Å². The van der Waals surface area contributed by atoms with Crippen molar-refractivity contribution >= 4 is 17.8 Å². The quantitative estimate of drug-likeness (QED) is 0.854. The SMILES string of the molecule is CC(C)c1cc(CN(C)C(=O)C2CCC(=O)NC(=O)N2)on1. The van der Waals surface area contributed by atoms with E-state index < -0.39 is 12.1 Å². The Hall–Kier alpha value is -2.38. The summed E-state index contributed by atoms with van der Waals surface area (Å²) in [6.45, 7) is 4.26. The van der Waals surface area contributed by atoms with E-state index in [0.717, 1.165) is 5.69 Å². The molecule has 4 amide bonds. The smallest absolute Gasteiger partial charge is 0.322 e. The topological polar surface area (TPSA) is 105 Å². The number of hydrogen-bond donors (Lipinski definition) is 2. The minimum atomic E-state index is -0.719. The molecule has 1 aromatic heterocycles. The van der Waals surface area contributed by atoms with E-state index in [-0.39, 0.29) is 37.1 Å². The van der Waals surface area contributed by atoms with E-state index in [1.54, 1.807) is 7.05 Å². The molecule has 22 heavy (non-hydrogen) atoms. The third kappa shape index (κ3) is 3.84. The molecule has 2 rings (SSSR count). The number of amides is 4. The predicted octanol–water partition coefficient (Wildman–Crippen LogP) is 0.745. The average Bonchev–Trinajstić information content (AvgIpc) is 2.84. The first-order valence-electron chi connectivity index (χ1n) is 7.17. The van der Waals surface area contributed by atoms with Gasteiger partial charge in [-0.3, -0.25) is 14.9 Å². The summed E-state index contributed by atoms with van der Waals surface area (Å²) in [7, 11) is 1.62. The molecule has 0 aromatic carbocycles. The zero-order chi connectivity index (χ0) is 16.3. The molecule has 1 aromatic rings. The highest BCUT2D eigenvalue weighted by molar-refractivity contribution is 5.98. The van der Waals surface area contributed by atoms with Gasteiger partial charge in [-0.2, -0.15) is 0 Å². The Morgan fingerprint density at radius 1 is 1.50 bits per heavy atom. The largest absolute Gasteiger partial charge is 0.359 e. The number of likely N-dealkylation sites (N-methyl/N-ethyl adjacent to an activating group) is 1. The number of carbonyl (C=O) groups is 3. The van der Waals surface area contributed by atoms with E-state index >= 15 is 0 Å². The second-order valence-electron chi connectivity index (χ2n) is 5.68. The van der Waals surface area contributed by atoms with Crippen molar-refractivity contribution in [3.05, 3.63) is 17.5 Å². The Labute approximate surface area is 128 Å². The summed E-state index contributed by atoms with van der Waals surface area (Å²) in [5.74, 6) is 0.171. The van der Waals surface area contributed by atoms with Gasteiger partial charge in [0.1, 0.15) is 6.04 Å². The van der Waals surface area contributed by atoms with E-state index in [9.17, 15) is 14.4 Å². The van der Waals surface area contributed by atoms with Crippen LogP contribution in [-0.4, -0.2) is 41.0 Å². The summed E-state index contributed by atoms with van der Waals surface area (Å²) < 4.78 is 5.20. The number of nitrogens with zero attached hydrogens (tertiary/aromatic N) is 2. The lowest BCUT2D eigenvalue weighted by atomic mass is 10.1. The van der Waals surface area contributed by atoms with E-state index in [1.807, 2.05) is 19.9 Å². The summed E-state index contributed by atoms with van der Waals surface area (Å²) >= 11 is 0. The first-order chi connectivity index (χ1) is 10.4. The van der Waals surface area contributed by atoms with Crippen LogP contribution in [0.5, 0.6) is 0 Å². The van der Waals surface area contributed by atoms with Crippen LogP contribution in [-0.2, 0) is 16.1 Å². The van der Waals surface area contributed by atoms with Crippen LogP contribution in [0.3, 0.4) is 0 Å². The molecule has 1 fully saturated rings. The number of urea groups is 1. The second-order valence-corrected chi connectivity index (χ2v) is 5.68. The zero-order valence-corrected chi connectivity index (χ0v) is 12.9. The van der Waals surface area contributed by atoms with Gasteiger partial charge in [-0.1, -0.05) is 19.0 Å². The maximum atomic E-state index is 12.4. The highest BCUT2D eigenvalue weighted by Gasteiger charge is 2.28. The first kappa shape index (κ1) is 16.0. The zero-order valence-electron chi connectivity index (χ0n) is 12.9. The molecule has 0 spiro atoms.